The fraction of sp³-hybridized carbons (Fsp3) is 0.600. The third-order valence-corrected chi connectivity index (χ3v) is 5.50. The van der Waals surface area contributed by atoms with Gasteiger partial charge in [0.05, 0.1) is 9.82 Å². The van der Waals surface area contributed by atoms with Crippen molar-refractivity contribution in [3.05, 3.63) is 28.3 Å². The summed E-state index contributed by atoms with van der Waals surface area (Å²) in [4.78, 5) is 12.5. The first kappa shape index (κ1) is 18.6. The maximum atomic E-state index is 12.3. The summed E-state index contributed by atoms with van der Waals surface area (Å²) in [6, 6.07) is 4.22. The van der Waals surface area contributed by atoms with Crippen molar-refractivity contribution in [2.75, 3.05) is 32.5 Å². The Labute approximate surface area is 142 Å². The van der Waals surface area contributed by atoms with Crippen LogP contribution in [0.1, 0.15) is 25.7 Å². The molecular formula is C15H24N4O4S. The molecule has 134 valence electrons. The number of benzene rings is 1. The van der Waals surface area contributed by atoms with Crippen molar-refractivity contribution in [2.45, 2.75) is 36.6 Å². The van der Waals surface area contributed by atoms with E-state index in [1.54, 1.807) is 0 Å². The van der Waals surface area contributed by atoms with E-state index in [4.69, 9.17) is 0 Å². The van der Waals surface area contributed by atoms with Crippen LogP contribution < -0.4 is 10.0 Å². The number of nitrogens with zero attached hydrogens (tertiary/aromatic N) is 2. The lowest BCUT2D eigenvalue weighted by atomic mass is 10.2. The molecule has 2 N–H and O–H groups in total. The summed E-state index contributed by atoms with van der Waals surface area (Å²) in [5, 5.41) is 14.5. The molecule has 0 aliphatic heterocycles. The monoisotopic (exact) mass is 356 g/mol. The van der Waals surface area contributed by atoms with Crippen LogP contribution in [0.2, 0.25) is 0 Å². The Morgan fingerprint density at radius 3 is 2.54 bits per heavy atom. The van der Waals surface area contributed by atoms with Gasteiger partial charge >= 0.3 is 0 Å². The van der Waals surface area contributed by atoms with Gasteiger partial charge in [-0.3, -0.25) is 10.1 Å². The first-order chi connectivity index (χ1) is 11.3. The molecule has 0 radical (unpaired) electrons. The van der Waals surface area contributed by atoms with E-state index in [0.29, 0.717) is 12.2 Å². The highest BCUT2D eigenvalue weighted by atomic mass is 32.2. The summed E-state index contributed by atoms with van der Waals surface area (Å²) < 4.78 is 27.0. The molecule has 0 heterocycles. The molecule has 1 aliphatic carbocycles. The number of nitro benzene ring substituents is 1. The van der Waals surface area contributed by atoms with Crippen LogP contribution >= 0.6 is 0 Å². The van der Waals surface area contributed by atoms with Gasteiger partial charge in [-0.1, -0.05) is 12.8 Å². The Kier molecular flexibility index (Phi) is 6.14. The standard InChI is InChI=1S/C15H24N4O4S/c1-18(2)10-9-16-24(22,23)13-7-8-14(15(11-13)19(20)21)17-12-5-3-4-6-12/h7-8,11-12,16-17H,3-6,9-10H2,1-2H3. The molecule has 1 saturated carbocycles. The summed E-state index contributed by atoms with van der Waals surface area (Å²) in [6.45, 7) is 0.786. The number of rotatable bonds is 8. The quantitative estimate of drug-likeness (QED) is 0.543. The van der Waals surface area contributed by atoms with E-state index in [9.17, 15) is 18.5 Å². The van der Waals surface area contributed by atoms with Crippen LogP contribution in [0, 0.1) is 10.1 Å². The number of hydrogen-bond donors (Lipinski definition) is 2. The predicted molar refractivity (Wildman–Crippen MR) is 92.7 cm³/mol. The molecule has 0 unspecified atom stereocenters. The average Bonchev–Trinajstić information content (AvgIpc) is 2.99. The van der Waals surface area contributed by atoms with Crippen molar-refractivity contribution in [1.29, 1.82) is 0 Å². The lowest BCUT2D eigenvalue weighted by Crippen LogP contribution is -2.31. The Morgan fingerprint density at radius 1 is 1.29 bits per heavy atom. The molecule has 1 aromatic rings. The molecule has 0 spiro atoms. The van der Waals surface area contributed by atoms with Gasteiger partial charge in [-0.05, 0) is 39.1 Å². The molecule has 1 aromatic carbocycles. The highest BCUT2D eigenvalue weighted by molar-refractivity contribution is 7.89. The summed E-state index contributed by atoms with van der Waals surface area (Å²) in [5.74, 6) is 0. The number of hydrogen-bond acceptors (Lipinski definition) is 6. The number of nitro groups is 1. The fourth-order valence-corrected chi connectivity index (χ4v) is 3.77. The molecule has 8 nitrogen and oxygen atoms in total. The molecule has 0 atom stereocenters. The minimum absolute atomic E-state index is 0.0927. The third-order valence-electron chi connectivity index (χ3n) is 4.04. The van der Waals surface area contributed by atoms with Crippen molar-refractivity contribution in [3.63, 3.8) is 0 Å². The number of likely N-dealkylation sites (N-methyl/N-ethyl adjacent to an activating group) is 1. The Morgan fingerprint density at radius 2 is 1.96 bits per heavy atom. The van der Waals surface area contributed by atoms with Gasteiger partial charge in [-0.25, -0.2) is 13.1 Å². The Bertz CT molecular complexity index is 685. The van der Waals surface area contributed by atoms with E-state index in [2.05, 4.69) is 10.0 Å². The van der Waals surface area contributed by atoms with Crippen LogP contribution in [-0.4, -0.2) is 51.5 Å². The number of nitrogens with one attached hydrogen (secondary N) is 2. The summed E-state index contributed by atoms with van der Waals surface area (Å²) in [5.41, 5.74) is 0.163. The van der Waals surface area contributed by atoms with E-state index in [0.717, 1.165) is 31.7 Å². The lowest BCUT2D eigenvalue weighted by molar-refractivity contribution is -0.384. The van der Waals surface area contributed by atoms with E-state index < -0.39 is 14.9 Å². The fourth-order valence-electron chi connectivity index (χ4n) is 2.73. The van der Waals surface area contributed by atoms with Crippen molar-refractivity contribution in [1.82, 2.24) is 9.62 Å². The molecule has 0 saturated heterocycles. The summed E-state index contributed by atoms with van der Waals surface area (Å²) in [6.07, 6.45) is 4.16. The van der Waals surface area contributed by atoms with Gasteiger partial charge in [-0.15, -0.1) is 0 Å². The summed E-state index contributed by atoms with van der Waals surface area (Å²) in [7, 11) is -0.0930. The lowest BCUT2D eigenvalue weighted by Gasteiger charge is -2.15. The number of sulfonamides is 1. The zero-order valence-electron chi connectivity index (χ0n) is 14.0. The van der Waals surface area contributed by atoms with Crippen molar-refractivity contribution in [2.24, 2.45) is 0 Å². The first-order valence-corrected chi connectivity index (χ1v) is 9.47. The first-order valence-electron chi connectivity index (χ1n) is 7.99. The normalized spacial score (nSPS) is 15.8. The van der Waals surface area contributed by atoms with Crippen molar-refractivity contribution < 1.29 is 13.3 Å². The van der Waals surface area contributed by atoms with Crippen molar-refractivity contribution >= 4 is 21.4 Å². The maximum Gasteiger partial charge on any atom is 0.293 e. The van der Waals surface area contributed by atoms with Crippen LogP contribution in [0.15, 0.2) is 23.1 Å². The molecular weight excluding hydrogens is 332 g/mol. The zero-order valence-corrected chi connectivity index (χ0v) is 14.8. The van der Waals surface area contributed by atoms with Gasteiger partial charge < -0.3 is 10.2 Å². The maximum absolute atomic E-state index is 12.3. The van der Waals surface area contributed by atoms with Crippen LogP contribution in [0.25, 0.3) is 0 Å². The van der Waals surface area contributed by atoms with Crippen LogP contribution in [0.3, 0.4) is 0 Å². The molecule has 0 amide bonds. The van der Waals surface area contributed by atoms with Crippen LogP contribution in [0.5, 0.6) is 0 Å². The van der Waals surface area contributed by atoms with Gasteiger partial charge in [0.2, 0.25) is 10.0 Å². The number of anilines is 1. The van der Waals surface area contributed by atoms with Crippen LogP contribution in [-0.2, 0) is 10.0 Å². The molecule has 9 heteroatoms. The SMILES string of the molecule is CN(C)CCNS(=O)(=O)c1ccc(NC2CCCC2)c([N+](=O)[O-])c1. The minimum atomic E-state index is -3.76. The average molecular weight is 356 g/mol. The second kappa shape index (κ2) is 7.91. The Hall–Kier alpha value is -1.71. The molecule has 1 aliphatic rings. The molecule has 1 fully saturated rings. The van der Waals surface area contributed by atoms with Gasteiger partial charge in [0, 0.05) is 25.2 Å². The van der Waals surface area contributed by atoms with Gasteiger partial charge in [0.1, 0.15) is 5.69 Å². The Balaban J connectivity index is 2.19. The molecule has 0 bridgehead atoms. The zero-order chi connectivity index (χ0) is 17.7. The second-order valence-corrected chi connectivity index (χ2v) is 8.03. The minimum Gasteiger partial charge on any atom is -0.377 e. The van der Waals surface area contributed by atoms with E-state index in [1.807, 2.05) is 19.0 Å². The van der Waals surface area contributed by atoms with Gasteiger partial charge in [-0.2, -0.15) is 0 Å². The highest BCUT2D eigenvalue weighted by Gasteiger charge is 2.23. The van der Waals surface area contributed by atoms with E-state index in [1.165, 1.54) is 12.1 Å². The summed E-state index contributed by atoms with van der Waals surface area (Å²) >= 11 is 0. The second-order valence-electron chi connectivity index (χ2n) is 6.26. The molecule has 2 rings (SSSR count). The highest BCUT2D eigenvalue weighted by Crippen LogP contribution is 2.30. The van der Waals surface area contributed by atoms with Gasteiger partial charge in [0.25, 0.3) is 5.69 Å². The topological polar surface area (TPSA) is 105 Å². The smallest absolute Gasteiger partial charge is 0.293 e. The van der Waals surface area contributed by atoms with Crippen LogP contribution in [0.4, 0.5) is 11.4 Å². The van der Waals surface area contributed by atoms with Crippen molar-refractivity contribution in [3.8, 4) is 0 Å². The van der Waals surface area contributed by atoms with Gasteiger partial charge in [0.15, 0.2) is 0 Å². The molecule has 24 heavy (non-hydrogen) atoms. The third kappa shape index (κ3) is 4.89. The largest absolute Gasteiger partial charge is 0.377 e. The molecule has 0 aromatic heterocycles. The van der Waals surface area contributed by atoms with E-state index >= 15 is 0 Å². The van der Waals surface area contributed by atoms with E-state index in [-0.39, 0.29) is 23.2 Å². The predicted octanol–water partition coefficient (Wildman–Crippen LogP) is 1.79.